The summed E-state index contributed by atoms with van der Waals surface area (Å²) in [6.07, 6.45) is -0.533. The van der Waals surface area contributed by atoms with E-state index in [1.54, 1.807) is 42.0 Å². The number of aliphatic hydroxyl groups excluding tert-OH is 1. The topological polar surface area (TPSA) is 123 Å². The summed E-state index contributed by atoms with van der Waals surface area (Å²) < 4.78 is 6.49. The first-order chi connectivity index (χ1) is 19.6. The Kier molecular flexibility index (Phi) is 9.34. The number of amides is 5. The summed E-state index contributed by atoms with van der Waals surface area (Å²) in [6, 6.07) is 17.3. The molecule has 0 unspecified atom stereocenters. The second-order valence-electron chi connectivity index (χ2n) is 10.9. The largest absolute Gasteiger partial charge is 0.485 e. The van der Waals surface area contributed by atoms with Crippen LogP contribution in [0.1, 0.15) is 38.1 Å². The van der Waals surface area contributed by atoms with Crippen LogP contribution in [-0.4, -0.2) is 77.8 Å². The number of rotatable bonds is 7. The van der Waals surface area contributed by atoms with E-state index in [2.05, 4.69) is 16.0 Å². The van der Waals surface area contributed by atoms with Crippen molar-refractivity contribution in [1.29, 1.82) is 0 Å². The highest BCUT2D eigenvalue weighted by atomic mass is 16.5. The number of benzene rings is 3. The third-order valence-corrected chi connectivity index (χ3v) is 7.19. The van der Waals surface area contributed by atoms with Crippen LogP contribution in [0, 0.1) is 5.92 Å². The van der Waals surface area contributed by atoms with Crippen molar-refractivity contribution in [1.82, 2.24) is 15.1 Å². The molecule has 0 radical (unpaired) electrons. The van der Waals surface area contributed by atoms with Crippen LogP contribution in [-0.2, 0) is 0 Å². The number of ether oxygens (including phenoxy) is 1. The predicted molar refractivity (Wildman–Crippen MR) is 160 cm³/mol. The summed E-state index contributed by atoms with van der Waals surface area (Å²) in [6.45, 7) is 7.73. The maximum atomic E-state index is 13.6. The molecule has 0 spiro atoms. The Morgan fingerprint density at radius 2 is 1.71 bits per heavy atom. The minimum absolute atomic E-state index is 0.0920. The van der Waals surface area contributed by atoms with Gasteiger partial charge in [-0.25, -0.2) is 9.59 Å². The minimum atomic E-state index is -0.533. The SMILES string of the molecule is CC(C)NC(=O)Nc1cccc2c1O[C@H](CN(C)C(=O)Nc1cccc3ccccc13)[C@@H](C)CN([C@H](C)CO)C2=O. The number of carbonyl (C=O) groups excluding carboxylic acids is 3. The Bertz CT molecular complexity index is 1410. The standard InChI is InChI=1S/C31H39N5O5/c1-19(2)32-30(39)33-26-15-9-13-24-28(26)41-27(20(3)16-36(29(24)38)21(4)18-37)17-35(5)31(40)34-25-14-8-11-22-10-6-7-12-23(22)25/h6-15,19-21,27,37H,16-18H2,1-5H3,(H,34,40)(H2,32,33,39)/t20-,21+,27+/m0/s1. The summed E-state index contributed by atoms with van der Waals surface area (Å²) in [5.74, 6) is -0.292. The third kappa shape index (κ3) is 6.89. The molecule has 1 aliphatic rings. The van der Waals surface area contributed by atoms with Gasteiger partial charge in [-0.3, -0.25) is 4.79 Å². The first-order valence-electron chi connectivity index (χ1n) is 13.9. The van der Waals surface area contributed by atoms with Crippen molar-refractivity contribution < 1.29 is 24.2 Å². The van der Waals surface area contributed by atoms with Crippen LogP contribution in [0.15, 0.2) is 60.7 Å². The average Bonchev–Trinajstić information content (AvgIpc) is 2.94. The van der Waals surface area contributed by atoms with Crippen molar-refractivity contribution >= 4 is 40.1 Å². The van der Waals surface area contributed by atoms with E-state index in [0.717, 1.165) is 10.8 Å². The van der Waals surface area contributed by atoms with E-state index >= 15 is 0 Å². The number of hydrogen-bond donors (Lipinski definition) is 4. The van der Waals surface area contributed by atoms with Gasteiger partial charge in [-0.05, 0) is 44.4 Å². The van der Waals surface area contributed by atoms with Crippen LogP contribution in [0.5, 0.6) is 5.75 Å². The van der Waals surface area contributed by atoms with Crippen LogP contribution < -0.4 is 20.7 Å². The van der Waals surface area contributed by atoms with E-state index < -0.39 is 18.2 Å². The number of hydrogen-bond acceptors (Lipinski definition) is 5. The van der Waals surface area contributed by atoms with Gasteiger partial charge in [0.2, 0.25) is 0 Å². The molecule has 41 heavy (non-hydrogen) atoms. The van der Waals surface area contributed by atoms with Gasteiger partial charge in [-0.2, -0.15) is 0 Å². The number of nitrogens with zero attached hydrogens (tertiary/aromatic N) is 2. The molecule has 10 nitrogen and oxygen atoms in total. The number of para-hydroxylation sites is 1. The molecule has 0 saturated carbocycles. The van der Waals surface area contributed by atoms with Crippen LogP contribution in [0.25, 0.3) is 10.8 Å². The lowest BCUT2D eigenvalue weighted by Gasteiger charge is -2.38. The summed E-state index contributed by atoms with van der Waals surface area (Å²) >= 11 is 0. The van der Waals surface area contributed by atoms with Gasteiger partial charge in [0, 0.05) is 30.9 Å². The van der Waals surface area contributed by atoms with Crippen molar-refractivity contribution in [2.75, 3.05) is 37.4 Å². The number of fused-ring (bicyclic) bond motifs is 2. The lowest BCUT2D eigenvalue weighted by molar-refractivity contribution is 0.0373. The van der Waals surface area contributed by atoms with Crippen LogP contribution in [0.3, 0.4) is 0 Å². The Labute approximate surface area is 240 Å². The van der Waals surface area contributed by atoms with Crippen molar-refractivity contribution in [3.63, 3.8) is 0 Å². The van der Waals surface area contributed by atoms with Crippen LogP contribution in [0.4, 0.5) is 21.0 Å². The van der Waals surface area contributed by atoms with E-state index in [0.29, 0.717) is 17.9 Å². The molecule has 3 atom stereocenters. The monoisotopic (exact) mass is 561 g/mol. The highest BCUT2D eigenvalue weighted by Crippen LogP contribution is 2.35. The zero-order valence-corrected chi connectivity index (χ0v) is 24.2. The molecule has 0 aliphatic carbocycles. The number of nitrogens with one attached hydrogen (secondary N) is 3. The van der Waals surface area contributed by atoms with Crippen molar-refractivity contribution in [2.24, 2.45) is 5.92 Å². The quantitative estimate of drug-likeness (QED) is 0.331. The second kappa shape index (κ2) is 12.9. The minimum Gasteiger partial charge on any atom is -0.485 e. The normalized spacial score (nSPS) is 17.6. The van der Waals surface area contributed by atoms with Crippen molar-refractivity contribution in [2.45, 2.75) is 45.9 Å². The van der Waals surface area contributed by atoms with Crippen molar-refractivity contribution in [3.05, 3.63) is 66.2 Å². The van der Waals surface area contributed by atoms with Gasteiger partial charge in [0.1, 0.15) is 6.10 Å². The number of aliphatic hydroxyl groups is 1. The fourth-order valence-electron chi connectivity index (χ4n) is 4.88. The Balaban J connectivity index is 1.63. The molecule has 3 aromatic rings. The fourth-order valence-corrected chi connectivity index (χ4v) is 4.88. The molecule has 0 bridgehead atoms. The molecule has 218 valence electrons. The zero-order chi connectivity index (χ0) is 29.7. The molecular formula is C31H39N5O5. The van der Waals surface area contributed by atoms with Gasteiger partial charge in [0.25, 0.3) is 5.91 Å². The molecule has 10 heteroatoms. The van der Waals surface area contributed by atoms with Crippen molar-refractivity contribution in [3.8, 4) is 5.75 Å². The maximum absolute atomic E-state index is 13.6. The predicted octanol–water partition coefficient (Wildman–Crippen LogP) is 4.75. The third-order valence-electron chi connectivity index (χ3n) is 7.19. The van der Waals surface area contributed by atoms with E-state index in [-0.39, 0.29) is 48.4 Å². The second-order valence-corrected chi connectivity index (χ2v) is 10.9. The first kappa shape index (κ1) is 29.7. The summed E-state index contributed by atoms with van der Waals surface area (Å²) in [7, 11) is 1.69. The molecule has 0 saturated heterocycles. The fraction of sp³-hybridized carbons (Fsp3) is 0.387. The van der Waals surface area contributed by atoms with E-state index in [1.165, 1.54) is 0 Å². The Morgan fingerprint density at radius 3 is 2.44 bits per heavy atom. The summed E-state index contributed by atoms with van der Waals surface area (Å²) in [4.78, 5) is 42.7. The number of carbonyl (C=O) groups is 3. The lowest BCUT2D eigenvalue weighted by atomic mass is 9.99. The van der Waals surface area contributed by atoms with Gasteiger partial charge < -0.3 is 35.6 Å². The Hall–Kier alpha value is -4.31. The van der Waals surface area contributed by atoms with E-state index in [9.17, 15) is 19.5 Å². The molecule has 1 aliphatic heterocycles. The van der Waals surface area contributed by atoms with E-state index in [4.69, 9.17) is 4.74 Å². The molecule has 5 amide bonds. The van der Waals surface area contributed by atoms with E-state index in [1.807, 2.05) is 63.2 Å². The zero-order valence-electron chi connectivity index (χ0n) is 24.2. The van der Waals surface area contributed by atoms with Gasteiger partial charge in [0.05, 0.1) is 36.1 Å². The molecule has 4 N–H and O–H groups in total. The summed E-state index contributed by atoms with van der Waals surface area (Å²) in [5, 5.41) is 20.4. The molecule has 4 rings (SSSR count). The number of anilines is 2. The van der Waals surface area contributed by atoms with Gasteiger partial charge in [-0.1, -0.05) is 49.4 Å². The lowest BCUT2D eigenvalue weighted by Crippen LogP contribution is -2.50. The molecule has 3 aromatic carbocycles. The first-order valence-corrected chi connectivity index (χ1v) is 13.9. The highest BCUT2D eigenvalue weighted by molar-refractivity contribution is 6.02. The smallest absolute Gasteiger partial charge is 0.321 e. The Morgan fingerprint density at radius 1 is 1.02 bits per heavy atom. The van der Waals surface area contributed by atoms with Crippen LogP contribution in [0.2, 0.25) is 0 Å². The number of likely N-dealkylation sites (N-methyl/N-ethyl adjacent to an activating group) is 1. The molecule has 0 aromatic heterocycles. The molecule has 1 heterocycles. The van der Waals surface area contributed by atoms with Gasteiger partial charge >= 0.3 is 12.1 Å². The van der Waals surface area contributed by atoms with Crippen LogP contribution >= 0.6 is 0 Å². The molecule has 0 fully saturated rings. The summed E-state index contributed by atoms with van der Waals surface area (Å²) in [5.41, 5.74) is 1.31. The van der Waals surface area contributed by atoms with Gasteiger partial charge in [0.15, 0.2) is 5.75 Å². The number of urea groups is 2. The maximum Gasteiger partial charge on any atom is 0.321 e. The highest BCUT2D eigenvalue weighted by Gasteiger charge is 2.35. The average molecular weight is 562 g/mol. The molecular weight excluding hydrogens is 522 g/mol. The van der Waals surface area contributed by atoms with Gasteiger partial charge in [-0.15, -0.1) is 0 Å².